The lowest BCUT2D eigenvalue weighted by Gasteiger charge is -2.05. The molecule has 0 fully saturated rings. The summed E-state index contributed by atoms with van der Waals surface area (Å²) in [5.41, 5.74) is 1.89. The number of rotatable bonds is 9. The molecule has 11 heteroatoms. The molecule has 9 nitrogen and oxygen atoms in total. The van der Waals surface area contributed by atoms with Crippen LogP contribution in [0.15, 0.2) is 52.4 Å². The van der Waals surface area contributed by atoms with E-state index in [0.29, 0.717) is 15.8 Å². The Morgan fingerprint density at radius 3 is 2.46 bits per heavy atom. The molecule has 1 amide bonds. The fourth-order valence-electron chi connectivity index (χ4n) is 3.29. The molecule has 0 unspecified atom stereocenters. The largest absolute Gasteiger partial charge is 0.468 e. The highest BCUT2D eigenvalue weighted by molar-refractivity contribution is 7.91. The molecule has 0 radical (unpaired) electrons. The van der Waals surface area contributed by atoms with Crippen molar-refractivity contribution in [1.29, 1.82) is 0 Å². The highest BCUT2D eigenvalue weighted by Crippen LogP contribution is 2.20. The number of carbonyl (C=O) groups is 3. The lowest BCUT2D eigenvalue weighted by Crippen LogP contribution is -2.22. The van der Waals surface area contributed by atoms with Crippen LogP contribution >= 0.6 is 11.3 Å². The van der Waals surface area contributed by atoms with Crippen molar-refractivity contribution in [3.8, 4) is 0 Å². The number of amides is 1. The van der Waals surface area contributed by atoms with Crippen LogP contribution < -0.4 is 4.80 Å². The minimum Gasteiger partial charge on any atom is -0.468 e. The molecule has 0 saturated heterocycles. The van der Waals surface area contributed by atoms with Gasteiger partial charge in [-0.3, -0.25) is 9.59 Å². The van der Waals surface area contributed by atoms with Gasteiger partial charge in [-0.05, 0) is 50.6 Å². The van der Waals surface area contributed by atoms with E-state index in [1.54, 1.807) is 49.4 Å². The molecule has 0 bridgehead atoms. The maximum Gasteiger partial charge on any atom is 0.338 e. The molecule has 0 aliphatic heterocycles. The lowest BCUT2D eigenvalue weighted by atomic mass is 10.2. The minimum atomic E-state index is -3.51. The standard InChI is InChI=1S/C24H26N2O7S2/c1-4-33-23(29)17-9-12-19-20(14-17)34-24(26(19)15-22(28)32-3)25-21(27)6-5-13-35(30,31)18-10-7-16(2)8-11-18/h7-12,14H,4-6,13,15H2,1-3H3. The second kappa shape index (κ2) is 11.4. The highest BCUT2D eigenvalue weighted by atomic mass is 32.2. The predicted molar refractivity (Wildman–Crippen MR) is 131 cm³/mol. The van der Waals surface area contributed by atoms with Crippen LogP contribution in [0, 0.1) is 6.92 Å². The van der Waals surface area contributed by atoms with Gasteiger partial charge in [-0.1, -0.05) is 29.0 Å². The molecule has 0 spiro atoms. The molecule has 0 N–H and O–H groups in total. The van der Waals surface area contributed by atoms with Crippen molar-refractivity contribution in [1.82, 2.24) is 4.57 Å². The summed E-state index contributed by atoms with van der Waals surface area (Å²) in [6.45, 7) is 3.64. The van der Waals surface area contributed by atoms with E-state index in [0.717, 1.165) is 16.9 Å². The Balaban J connectivity index is 1.83. The van der Waals surface area contributed by atoms with Crippen LogP contribution in [0.3, 0.4) is 0 Å². The van der Waals surface area contributed by atoms with Crippen LogP contribution in [-0.4, -0.2) is 50.3 Å². The smallest absolute Gasteiger partial charge is 0.338 e. The fraction of sp³-hybridized carbons (Fsp3) is 0.333. The van der Waals surface area contributed by atoms with Gasteiger partial charge in [-0.25, -0.2) is 13.2 Å². The Labute approximate surface area is 206 Å². The normalized spacial score (nSPS) is 12.0. The summed E-state index contributed by atoms with van der Waals surface area (Å²) in [7, 11) is -2.26. The number of carbonyl (C=O) groups excluding carboxylic acids is 3. The summed E-state index contributed by atoms with van der Waals surface area (Å²) in [5, 5.41) is 0. The average Bonchev–Trinajstić information content (AvgIpc) is 3.15. The van der Waals surface area contributed by atoms with Crippen molar-refractivity contribution in [2.45, 2.75) is 38.1 Å². The van der Waals surface area contributed by atoms with Gasteiger partial charge >= 0.3 is 11.9 Å². The van der Waals surface area contributed by atoms with Crippen molar-refractivity contribution in [2.75, 3.05) is 19.5 Å². The van der Waals surface area contributed by atoms with Crippen LogP contribution in [0.25, 0.3) is 10.2 Å². The van der Waals surface area contributed by atoms with Gasteiger partial charge in [0, 0.05) is 6.42 Å². The number of nitrogens with zero attached hydrogens (tertiary/aromatic N) is 2. The Morgan fingerprint density at radius 1 is 1.09 bits per heavy atom. The zero-order valence-corrected chi connectivity index (χ0v) is 21.3. The Kier molecular flexibility index (Phi) is 8.57. The topological polar surface area (TPSA) is 121 Å². The number of benzene rings is 2. The fourth-order valence-corrected chi connectivity index (χ4v) is 5.68. The summed E-state index contributed by atoms with van der Waals surface area (Å²) >= 11 is 1.13. The van der Waals surface area contributed by atoms with Crippen molar-refractivity contribution in [3.05, 3.63) is 58.4 Å². The number of methoxy groups -OCH3 is 1. The third-order valence-electron chi connectivity index (χ3n) is 5.11. The molecule has 1 heterocycles. The summed E-state index contributed by atoms with van der Waals surface area (Å²) in [6.07, 6.45) is 0.0269. The van der Waals surface area contributed by atoms with E-state index >= 15 is 0 Å². The summed E-state index contributed by atoms with van der Waals surface area (Å²) in [6, 6.07) is 11.4. The van der Waals surface area contributed by atoms with Crippen LogP contribution in [0.2, 0.25) is 0 Å². The molecule has 0 aliphatic rings. The van der Waals surface area contributed by atoms with E-state index in [4.69, 9.17) is 9.47 Å². The quantitative estimate of drug-likeness (QED) is 0.399. The van der Waals surface area contributed by atoms with E-state index < -0.39 is 27.7 Å². The second-order valence-electron chi connectivity index (χ2n) is 7.69. The summed E-state index contributed by atoms with van der Waals surface area (Å²) in [5.74, 6) is -1.71. The van der Waals surface area contributed by atoms with Gasteiger partial charge < -0.3 is 14.0 Å². The van der Waals surface area contributed by atoms with Crippen molar-refractivity contribution < 1.29 is 32.3 Å². The number of ether oxygens (including phenoxy) is 2. The Morgan fingerprint density at radius 2 is 1.80 bits per heavy atom. The van der Waals surface area contributed by atoms with Gasteiger partial charge in [0.25, 0.3) is 0 Å². The van der Waals surface area contributed by atoms with E-state index in [1.165, 1.54) is 11.7 Å². The van der Waals surface area contributed by atoms with Crippen molar-refractivity contribution in [2.24, 2.45) is 4.99 Å². The second-order valence-corrected chi connectivity index (χ2v) is 10.8. The molecule has 1 aromatic heterocycles. The minimum absolute atomic E-state index is 0.0777. The van der Waals surface area contributed by atoms with Crippen molar-refractivity contribution in [3.63, 3.8) is 0 Å². The molecule has 2 aromatic carbocycles. The maximum atomic E-state index is 12.6. The van der Waals surface area contributed by atoms with Gasteiger partial charge in [-0.15, -0.1) is 0 Å². The number of fused-ring (bicyclic) bond motifs is 1. The average molecular weight is 519 g/mol. The lowest BCUT2D eigenvalue weighted by molar-refractivity contribution is -0.141. The monoisotopic (exact) mass is 518 g/mol. The zero-order valence-electron chi connectivity index (χ0n) is 19.6. The third kappa shape index (κ3) is 6.64. The van der Waals surface area contributed by atoms with E-state index in [-0.39, 0.29) is 41.4 Å². The number of sulfone groups is 1. The van der Waals surface area contributed by atoms with E-state index in [9.17, 15) is 22.8 Å². The first-order valence-corrected chi connectivity index (χ1v) is 13.4. The van der Waals surface area contributed by atoms with Crippen molar-refractivity contribution >= 4 is 49.2 Å². The first-order chi connectivity index (χ1) is 16.6. The third-order valence-corrected chi connectivity index (χ3v) is 7.97. The Bertz CT molecular complexity index is 1420. The van der Waals surface area contributed by atoms with Gasteiger partial charge in [0.15, 0.2) is 14.6 Å². The Hall–Kier alpha value is -3.31. The first kappa shape index (κ1) is 26.3. The van der Waals surface area contributed by atoms with Crippen LogP contribution in [0.5, 0.6) is 0 Å². The first-order valence-electron chi connectivity index (χ1n) is 10.9. The number of aryl methyl sites for hydroxylation is 1. The van der Waals surface area contributed by atoms with Crippen LogP contribution in [0.1, 0.15) is 35.7 Å². The molecule has 0 saturated carbocycles. The number of thiazole rings is 1. The SMILES string of the molecule is CCOC(=O)c1ccc2c(c1)sc(=NC(=O)CCCS(=O)(=O)c1ccc(C)cc1)n2CC(=O)OC. The number of esters is 2. The van der Waals surface area contributed by atoms with Gasteiger partial charge in [0.05, 0.1) is 40.1 Å². The molecule has 0 aliphatic carbocycles. The van der Waals surface area contributed by atoms with Crippen LogP contribution in [0.4, 0.5) is 0 Å². The predicted octanol–water partition coefficient (Wildman–Crippen LogP) is 3.04. The number of hydrogen-bond acceptors (Lipinski definition) is 8. The van der Waals surface area contributed by atoms with Gasteiger partial charge in [0.2, 0.25) is 5.91 Å². The van der Waals surface area contributed by atoms with Gasteiger partial charge in [-0.2, -0.15) is 4.99 Å². The van der Waals surface area contributed by atoms with Crippen LogP contribution in [-0.2, 0) is 35.4 Å². The zero-order chi connectivity index (χ0) is 25.6. The molecule has 0 atom stereocenters. The van der Waals surface area contributed by atoms with E-state index in [1.807, 2.05) is 6.92 Å². The van der Waals surface area contributed by atoms with E-state index in [2.05, 4.69) is 4.99 Å². The van der Waals surface area contributed by atoms with Gasteiger partial charge in [0.1, 0.15) is 6.54 Å². The summed E-state index contributed by atoms with van der Waals surface area (Å²) in [4.78, 5) is 41.2. The molecular formula is C24H26N2O7S2. The summed E-state index contributed by atoms with van der Waals surface area (Å²) < 4.78 is 37.0. The number of aromatic nitrogens is 1. The number of hydrogen-bond donors (Lipinski definition) is 0. The highest BCUT2D eigenvalue weighted by Gasteiger charge is 2.17. The molecule has 35 heavy (non-hydrogen) atoms. The maximum absolute atomic E-state index is 12.6. The molecule has 186 valence electrons. The molecule has 3 aromatic rings. The molecular weight excluding hydrogens is 492 g/mol. The molecule has 3 rings (SSSR count).